The van der Waals surface area contributed by atoms with Gasteiger partial charge in [0.05, 0.1) is 25.7 Å². The fourth-order valence-corrected chi connectivity index (χ4v) is 2.21. The predicted octanol–water partition coefficient (Wildman–Crippen LogP) is 2.89. The van der Waals surface area contributed by atoms with Crippen molar-refractivity contribution in [2.24, 2.45) is 5.10 Å². The number of hydrazone groups is 1. The fourth-order valence-electron chi connectivity index (χ4n) is 2.10. The molecule has 27 heavy (non-hydrogen) atoms. The lowest BCUT2D eigenvalue weighted by Crippen LogP contribution is -2.21. The van der Waals surface area contributed by atoms with Gasteiger partial charge in [-0.1, -0.05) is 11.6 Å². The number of methoxy groups -OCH3 is 2. The van der Waals surface area contributed by atoms with Gasteiger partial charge in [-0.15, -0.1) is 0 Å². The van der Waals surface area contributed by atoms with Crippen LogP contribution in [-0.2, 0) is 4.79 Å². The van der Waals surface area contributed by atoms with Crippen LogP contribution in [-0.4, -0.2) is 36.7 Å². The van der Waals surface area contributed by atoms with E-state index in [1.807, 2.05) is 0 Å². The van der Waals surface area contributed by atoms with Gasteiger partial charge in [0.1, 0.15) is 5.82 Å². The molecule has 0 unspecified atom stereocenters. The Labute approximate surface area is 161 Å². The van der Waals surface area contributed by atoms with Crippen LogP contribution >= 0.6 is 11.6 Å². The van der Waals surface area contributed by atoms with Crippen molar-refractivity contribution in [1.29, 1.82) is 0 Å². The normalized spacial score (nSPS) is 10.9. The van der Waals surface area contributed by atoms with Crippen molar-refractivity contribution < 1.29 is 19.1 Å². The molecule has 0 spiro atoms. The van der Waals surface area contributed by atoms with E-state index in [-0.39, 0.29) is 12.3 Å². The summed E-state index contributed by atoms with van der Waals surface area (Å²) in [5.74, 6) is 0.579. The number of carbonyl (C=O) groups is 2. The third-order valence-electron chi connectivity index (χ3n) is 3.41. The Morgan fingerprint density at radius 3 is 2.52 bits per heavy atom. The maximum atomic E-state index is 12.2. The molecular weight excluding hydrogens is 372 g/mol. The SMILES string of the molecule is COc1ccc(C(=O)N/N=C(\C)CC(=O)Nc2ccc(Cl)cn2)cc1OC. The monoisotopic (exact) mass is 390 g/mol. The topological polar surface area (TPSA) is 102 Å². The Balaban J connectivity index is 1.93. The van der Waals surface area contributed by atoms with E-state index in [9.17, 15) is 9.59 Å². The van der Waals surface area contributed by atoms with Crippen molar-refractivity contribution in [3.63, 3.8) is 0 Å². The van der Waals surface area contributed by atoms with Gasteiger partial charge in [0.25, 0.3) is 5.91 Å². The largest absolute Gasteiger partial charge is 0.493 e. The van der Waals surface area contributed by atoms with Gasteiger partial charge in [-0.3, -0.25) is 9.59 Å². The molecule has 0 aliphatic carbocycles. The summed E-state index contributed by atoms with van der Waals surface area (Å²) < 4.78 is 10.3. The van der Waals surface area contributed by atoms with E-state index in [1.165, 1.54) is 26.5 Å². The second-order valence-corrected chi connectivity index (χ2v) is 5.88. The van der Waals surface area contributed by atoms with Crippen molar-refractivity contribution in [3.05, 3.63) is 47.1 Å². The first-order valence-electron chi connectivity index (χ1n) is 7.90. The minimum Gasteiger partial charge on any atom is -0.493 e. The fraction of sp³-hybridized carbons (Fsp3) is 0.222. The molecule has 2 N–H and O–H groups in total. The number of ether oxygens (including phenoxy) is 2. The quantitative estimate of drug-likeness (QED) is 0.559. The maximum Gasteiger partial charge on any atom is 0.271 e. The molecule has 1 aromatic heterocycles. The zero-order chi connectivity index (χ0) is 19.8. The molecule has 0 radical (unpaired) electrons. The summed E-state index contributed by atoms with van der Waals surface area (Å²) in [4.78, 5) is 28.1. The summed E-state index contributed by atoms with van der Waals surface area (Å²) in [5.41, 5.74) is 3.18. The zero-order valence-corrected chi connectivity index (χ0v) is 15.8. The van der Waals surface area contributed by atoms with Crippen LogP contribution in [0.2, 0.25) is 5.02 Å². The molecule has 1 aromatic carbocycles. The third-order valence-corrected chi connectivity index (χ3v) is 3.63. The van der Waals surface area contributed by atoms with E-state index >= 15 is 0 Å². The number of pyridine rings is 1. The summed E-state index contributed by atoms with van der Waals surface area (Å²) in [6.45, 7) is 1.63. The molecular formula is C18H19ClN4O4. The molecule has 1 heterocycles. The van der Waals surface area contributed by atoms with Crippen LogP contribution in [0.25, 0.3) is 0 Å². The van der Waals surface area contributed by atoms with Crippen molar-refractivity contribution in [1.82, 2.24) is 10.4 Å². The molecule has 142 valence electrons. The molecule has 2 amide bonds. The second-order valence-electron chi connectivity index (χ2n) is 5.44. The van der Waals surface area contributed by atoms with Crippen LogP contribution in [0.5, 0.6) is 11.5 Å². The number of hydrogen-bond acceptors (Lipinski definition) is 6. The summed E-state index contributed by atoms with van der Waals surface area (Å²) in [5, 5.41) is 7.03. The molecule has 2 rings (SSSR count). The minimum atomic E-state index is -0.435. The number of carbonyl (C=O) groups excluding carboxylic acids is 2. The highest BCUT2D eigenvalue weighted by Gasteiger charge is 2.11. The molecule has 0 fully saturated rings. The van der Waals surface area contributed by atoms with Gasteiger partial charge in [-0.05, 0) is 37.3 Å². The van der Waals surface area contributed by atoms with Crippen LogP contribution in [0.1, 0.15) is 23.7 Å². The van der Waals surface area contributed by atoms with Gasteiger partial charge in [-0.25, -0.2) is 10.4 Å². The van der Waals surface area contributed by atoms with Crippen molar-refractivity contribution >= 4 is 34.9 Å². The lowest BCUT2D eigenvalue weighted by Gasteiger charge is -2.09. The molecule has 8 nitrogen and oxygen atoms in total. The van der Waals surface area contributed by atoms with Gasteiger partial charge >= 0.3 is 0 Å². The van der Waals surface area contributed by atoms with Gasteiger partial charge in [0.2, 0.25) is 5.91 Å². The number of anilines is 1. The zero-order valence-electron chi connectivity index (χ0n) is 15.1. The molecule has 0 saturated heterocycles. The Morgan fingerprint density at radius 1 is 1.15 bits per heavy atom. The first kappa shape index (κ1) is 20.2. The number of aromatic nitrogens is 1. The van der Waals surface area contributed by atoms with Crippen molar-refractivity contribution in [2.45, 2.75) is 13.3 Å². The number of nitrogens with zero attached hydrogens (tertiary/aromatic N) is 2. The molecule has 0 atom stereocenters. The van der Waals surface area contributed by atoms with Gasteiger partial charge < -0.3 is 14.8 Å². The summed E-state index contributed by atoms with van der Waals surface area (Å²) >= 11 is 5.74. The first-order chi connectivity index (χ1) is 12.9. The van der Waals surface area contributed by atoms with E-state index in [0.717, 1.165) is 0 Å². The average Bonchev–Trinajstić information content (AvgIpc) is 2.67. The Bertz CT molecular complexity index is 853. The van der Waals surface area contributed by atoms with Gasteiger partial charge in [0.15, 0.2) is 11.5 Å². The van der Waals surface area contributed by atoms with E-state index in [4.69, 9.17) is 21.1 Å². The van der Waals surface area contributed by atoms with Crippen molar-refractivity contribution in [2.75, 3.05) is 19.5 Å². The Morgan fingerprint density at radius 2 is 1.89 bits per heavy atom. The molecule has 0 aliphatic heterocycles. The highest BCUT2D eigenvalue weighted by atomic mass is 35.5. The summed E-state index contributed by atoms with van der Waals surface area (Å²) in [6.07, 6.45) is 1.43. The number of nitrogens with one attached hydrogen (secondary N) is 2. The standard InChI is InChI=1S/C18H19ClN4O4/c1-11(8-17(24)21-16-7-5-13(19)10-20-16)22-23-18(25)12-4-6-14(26-2)15(9-12)27-3/h4-7,9-10H,8H2,1-3H3,(H,23,25)(H,20,21,24)/b22-11+. The second kappa shape index (κ2) is 9.54. The number of benzene rings is 1. The van der Waals surface area contributed by atoms with E-state index < -0.39 is 5.91 Å². The van der Waals surface area contributed by atoms with E-state index in [0.29, 0.717) is 33.6 Å². The van der Waals surface area contributed by atoms with Crippen LogP contribution in [0.15, 0.2) is 41.6 Å². The van der Waals surface area contributed by atoms with Gasteiger partial charge in [-0.2, -0.15) is 5.10 Å². The summed E-state index contributed by atoms with van der Waals surface area (Å²) in [6, 6.07) is 7.95. The lowest BCUT2D eigenvalue weighted by molar-refractivity contribution is -0.115. The first-order valence-corrected chi connectivity index (χ1v) is 8.27. The number of rotatable bonds is 7. The molecule has 2 aromatic rings. The Hall–Kier alpha value is -3.13. The van der Waals surface area contributed by atoms with Crippen LogP contribution in [0.4, 0.5) is 5.82 Å². The minimum absolute atomic E-state index is 0.00345. The summed E-state index contributed by atoms with van der Waals surface area (Å²) in [7, 11) is 2.99. The maximum absolute atomic E-state index is 12.2. The Kier molecular flexibility index (Phi) is 7.13. The van der Waals surface area contributed by atoms with Crippen LogP contribution in [0.3, 0.4) is 0 Å². The van der Waals surface area contributed by atoms with E-state index in [2.05, 4.69) is 20.8 Å². The molecule has 0 bridgehead atoms. The highest BCUT2D eigenvalue weighted by Crippen LogP contribution is 2.27. The number of hydrogen-bond donors (Lipinski definition) is 2. The average molecular weight is 391 g/mol. The van der Waals surface area contributed by atoms with E-state index in [1.54, 1.807) is 31.2 Å². The van der Waals surface area contributed by atoms with Crippen molar-refractivity contribution in [3.8, 4) is 11.5 Å². The van der Waals surface area contributed by atoms with Crippen LogP contribution < -0.4 is 20.2 Å². The van der Waals surface area contributed by atoms with Gasteiger partial charge in [0, 0.05) is 17.5 Å². The predicted molar refractivity (Wildman–Crippen MR) is 103 cm³/mol. The molecule has 0 saturated carbocycles. The number of halogens is 1. The third kappa shape index (κ3) is 5.96. The van der Waals surface area contributed by atoms with Crippen LogP contribution in [0, 0.1) is 0 Å². The molecule has 9 heteroatoms. The smallest absolute Gasteiger partial charge is 0.271 e. The molecule has 0 aliphatic rings. The highest BCUT2D eigenvalue weighted by molar-refractivity contribution is 6.30. The lowest BCUT2D eigenvalue weighted by atomic mass is 10.2. The number of amides is 2.